The molecule has 2 aromatic rings. The van der Waals surface area contributed by atoms with E-state index in [0.29, 0.717) is 17.8 Å². The van der Waals surface area contributed by atoms with Gasteiger partial charge in [-0.15, -0.1) is 0 Å². The first-order chi connectivity index (χ1) is 8.66. The molecule has 4 N–H and O–H groups in total. The third kappa shape index (κ3) is 3.06. The molecule has 2 rings (SSSR count). The van der Waals surface area contributed by atoms with E-state index in [-0.39, 0.29) is 0 Å². The van der Waals surface area contributed by atoms with Crippen molar-refractivity contribution in [3.05, 3.63) is 59.8 Å². The molecule has 0 aliphatic heterocycles. The Kier molecular flexibility index (Phi) is 3.92. The average molecular weight is 244 g/mol. The van der Waals surface area contributed by atoms with Gasteiger partial charge in [-0.2, -0.15) is 0 Å². The van der Waals surface area contributed by atoms with Gasteiger partial charge in [0, 0.05) is 12.6 Å². The molecule has 4 nitrogen and oxygen atoms in total. The topological polar surface area (TPSA) is 79.4 Å². The summed E-state index contributed by atoms with van der Waals surface area (Å²) in [5.41, 5.74) is 7.12. The Labute approximate surface area is 106 Å². The van der Waals surface area contributed by atoms with E-state index in [1.165, 1.54) is 0 Å². The number of aromatic nitrogens is 1. The maximum absolute atomic E-state index is 10.0. The van der Waals surface area contributed by atoms with Gasteiger partial charge >= 0.3 is 0 Å². The number of aliphatic hydroxyl groups excluding tert-OH is 2. The van der Waals surface area contributed by atoms with Crippen molar-refractivity contribution in [3.8, 4) is 0 Å². The Hall–Kier alpha value is -1.91. The fourth-order valence-electron chi connectivity index (χ4n) is 1.85. The zero-order valence-electron chi connectivity index (χ0n) is 9.90. The molecule has 1 heterocycles. The lowest BCUT2D eigenvalue weighted by atomic mass is 9.99. The first-order valence-corrected chi connectivity index (χ1v) is 5.78. The van der Waals surface area contributed by atoms with Crippen LogP contribution < -0.4 is 5.73 Å². The highest BCUT2D eigenvalue weighted by Crippen LogP contribution is 2.19. The van der Waals surface area contributed by atoms with Crippen LogP contribution in [-0.2, 0) is 6.42 Å². The van der Waals surface area contributed by atoms with Crippen LogP contribution in [0.2, 0.25) is 0 Å². The van der Waals surface area contributed by atoms with Crippen LogP contribution in [0.4, 0.5) is 5.82 Å². The number of nitrogens with two attached hydrogens (primary N) is 1. The van der Waals surface area contributed by atoms with Crippen LogP contribution >= 0.6 is 0 Å². The molecule has 0 amide bonds. The van der Waals surface area contributed by atoms with Gasteiger partial charge in [-0.1, -0.05) is 30.3 Å². The quantitative estimate of drug-likeness (QED) is 0.757. The lowest BCUT2D eigenvalue weighted by Gasteiger charge is -2.18. The second-order valence-electron chi connectivity index (χ2n) is 4.22. The van der Waals surface area contributed by atoms with Gasteiger partial charge in [-0.3, -0.25) is 0 Å². The second kappa shape index (κ2) is 5.62. The van der Waals surface area contributed by atoms with E-state index in [1.54, 1.807) is 30.5 Å². The average Bonchev–Trinajstić information content (AvgIpc) is 2.39. The Morgan fingerprint density at radius 3 is 2.50 bits per heavy atom. The molecule has 94 valence electrons. The number of hydrogen-bond acceptors (Lipinski definition) is 4. The third-order valence-corrected chi connectivity index (χ3v) is 2.80. The maximum atomic E-state index is 10.0. The molecule has 4 heteroatoms. The molecule has 2 unspecified atom stereocenters. The molecule has 0 bridgehead atoms. The van der Waals surface area contributed by atoms with Gasteiger partial charge in [0.2, 0.25) is 0 Å². The van der Waals surface area contributed by atoms with Gasteiger partial charge < -0.3 is 15.9 Å². The van der Waals surface area contributed by atoms with E-state index >= 15 is 0 Å². The lowest BCUT2D eigenvalue weighted by molar-refractivity contribution is 0.0190. The molecule has 0 fully saturated rings. The van der Waals surface area contributed by atoms with Gasteiger partial charge in [0.1, 0.15) is 11.9 Å². The van der Waals surface area contributed by atoms with Gasteiger partial charge in [0.05, 0.1) is 6.10 Å². The fourth-order valence-corrected chi connectivity index (χ4v) is 1.85. The molecule has 0 saturated carbocycles. The van der Waals surface area contributed by atoms with E-state index < -0.39 is 12.2 Å². The van der Waals surface area contributed by atoms with Crippen LogP contribution in [-0.4, -0.2) is 21.3 Å². The minimum atomic E-state index is -0.902. The normalized spacial score (nSPS) is 14.1. The first-order valence-electron chi connectivity index (χ1n) is 5.78. The summed E-state index contributed by atoms with van der Waals surface area (Å²) in [6.07, 6.45) is 0.157. The molecule has 0 saturated heterocycles. The summed E-state index contributed by atoms with van der Waals surface area (Å²) in [6, 6.07) is 12.6. The minimum absolute atomic E-state index is 0.336. The number of aliphatic hydroxyl groups is 2. The zero-order valence-corrected chi connectivity index (χ0v) is 9.90. The minimum Gasteiger partial charge on any atom is -0.390 e. The molecule has 18 heavy (non-hydrogen) atoms. The standard InChI is InChI=1S/C14H16N2O2/c15-13-9-10(6-7-16-13)8-12(17)14(18)11-4-2-1-3-5-11/h1-7,9,12,14,17-18H,8H2,(H2,15,16). The van der Waals surface area contributed by atoms with Crippen molar-refractivity contribution in [3.63, 3.8) is 0 Å². The third-order valence-electron chi connectivity index (χ3n) is 2.80. The predicted molar refractivity (Wildman–Crippen MR) is 69.8 cm³/mol. The largest absolute Gasteiger partial charge is 0.390 e. The summed E-state index contributed by atoms with van der Waals surface area (Å²) in [7, 11) is 0. The van der Waals surface area contributed by atoms with Gasteiger partial charge in [-0.05, 0) is 23.3 Å². The summed E-state index contributed by atoms with van der Waals surface area (Å²) in [6.45, 7) is 0. The number of benzene rings is 1. The number of nitrogen functional groups attached to an aromatic ring is 1. The summed E-state index contributed by atoms with van der Waals surface area (Å²) in [5, 5.41) is 20.0. The summed E-state index contributed by atoms with van der Waals surface area (Å²) in [4.78, 5) is 3.88. The first kappa shape index (κ1) is 12.5. The lowest BCUT2D eigenvalue weighted by Crippen LogP contribution is -2.20. The summed E-state index contributed by atoms with van der Waals surface area (Å²) >= 11 is 0. The predicted octanol–water partition coefficient (Wildman–Crippen LogP) is 1.30. The van der Waals surface area contributed by atoms with Crippen LogP contribution in [0.3, 0.4) is 0 Å². The monoisotopic (exact) mass is 244 g/mol. The van der Waals surface area contributed by atoms with Crippen LogP contribution in [0.5, 0.6) is 0 Å². The Balaban J connectivity index is 2.06. The Morgan fingerprint density at radius 2 is 1.83 bits per heavy atom. The SMILES string of the molecule is Nc1cc(CC(O)C(O)c2ccccc2)ccn1. The van der Waals surface area contributed by atoms with Crippen LogP contribution in [0.25, 0.3) is 0 Å². The van der Waals surface area contributed by atoms with E-state index in [2.05, 4.69) is 4.98 Å². The molecular weight excluding hydrogens is 228 g/mol. The molecule has 1 aromatic carbocycles. The Morgan fingerprint density at radius 1 is 1.11 bits per heavy atom. The highest BCUT2D eigenvalue weighted by molar-refractivity contribution is 5.32. The molecule has 0 spiro atoms. The van der Waals surface area contributed by atoms with E-state index in [4.69, 9.17) is 5.73 Å². The number of rotatable bonds is 4. The zero-order chi connectivity index (χ0) is 13.0. The van der Waals surface area contributed by atoms with Crippen molar-refractivity contribution in [1.82, 2.24) is 4.98 Å². The van der Waals surface area contributed by atoms with Crippen LogP contribution in [0.15, 0.2) is 48.7 Å². The van der Waals surface area contributed by atoms with Crippen LogP contribution in [0.1, 0.15) is 17.2 Å². The Bertz CT molecular complexity index is 502. The number of hydrogen-bond donors (Lipinski definition) is 3. The van der Waals surface area contributed by atoms with Crippen molar-refractivity contribution in [2.45, 2.75) is 18.6 Å². The molecule has 0 aliphatic carbocycles. The highest BCUT2D eigenvalue weighted by atomic mass is 16.3. The summed E-state index contributed by atoms with van der Waals surface area (Å²) < 4.78 is 0. The van der Waals surface area contributed by atoms with Crippen molar-refractivity contribution in [1.29, 1.82) is 0 Å². The van der Waals surface area contributed by atoms with Gasteiger partial charge in [0.25, 0.3) is 0 Å². The smallest absolute Gasteiger partial charge is 0.123 e. The number of nitrogens with zero attached hydrogens (tertiary/aromatic N) is 1. The molecule has 0 radical (unpaired) electrons. The molecule has 2 atom stereocenters. The summed E-state index contributed by atoms with van der Waals surface area (Å²) in [5.74, 6) is 0.411. The fraction of sp³-hybridized carbons (Fsp3) is 0.214. The highest BCUT2D eigenvalue weighted by Gasteiger charge is 2.18. The van der Waals surface area contributed by atoms with Crippen molar-refractivity contribution in [2.24, 2.45) is 0 Å². The molecule has 1 aromatic heterocycles. The number of anilines is 1. The van der Waals surface area contributed by atoms with E-state index in [9.17, 15) is 10.2 Å². The van der Waals surface area contributed by atoms with Crippen molar-refractivity contribution in [2.75, 3.05) is 5.73 Å². The van der Waals surface area contributed by atoms with E-state index in [0.717, 1.165) is 5.56 Å². The van der Waals surface area contributed by atoms with Gasteiger partial charge in [0.15, 0.2) is 0 Å². The molecule has 0 aliphatic rings. The second-order valence-corrected chi connectivity index (χ2v) is 4.22. The van der Waals surface area contributed by atoms with Gasteiger partial charge in [-0.25, -0.2) is 4.98 Å². The van der Waals surface area contributed by atoms with Crippen molar-refractivity contribution >= 4 is 5.82 Å². The number of pyridine rings is 1. The van der Waals surface area contributed by atoms with Crippen LogP contribution in [0, 0.1) is 0 Å². The van der Waals surface area contributed by atoms with Crippen molar-refractivity contribution < 1.29 is 10.2 Å². The maximum Gasteiger partial charge on any atom is 0.123 e. The van der Waals surface area contributed by atoms with E-state index in [1.807, 2.05) is 18.2 Å². The molecular formula is C14H16N2O2.